The van der Waals surface area contributed by atoms with Crippen molar-refractivity contribution in [1.29, 1.82) is 0 Å². The minimum Gasteiger partial charge on any atom is -0.494 e. The first-order chi connectivity index (χ1) is 11.5. The highest BCUT2D eigenvalue weighted by atomic mass is 16.5. The number of hydrogen-bond donors (Lipinski definition) is 2. The van der Waals surface area contributed by atoms with Gasteiger partial charge in [0.15, 0.2) is 0 Å². The molecule has 3 aromatic heterocycles. The topological polar surface area (TPSA) is 116 Å². The number of pyridine rings is 1. The average molecular weight is 330 g/mol. The smallest absolute Gasteiger partial charge is 0.342 e. The van der Waals surface area contributed by atoms with Crippen molar-refractivity contribution in [3.63, 3.8) is 0 Å². The summed E-state index contributed by atoms with van der Waals surface area (Å²) in [7, 11) is 1.53. The van der Waals surface area contributed by atoms with Gasteiger partial charge in [-0.25, -0.2) is 9.78 Å². The number of nitrogens with two attached hydrogens (primary N) is 1. The van der Waals surface area contributed by atoms with Gasteiger partial charge in [0.25, 0.3) is 0 Å². The quantitative estimate of drug-likeness (QED) is 0.706. The third kappa shape index (κ3) is 2.36. The Balaban J connectivity index is 2.27. The number of esters is 1. The monoisotopic (exact) mass is 330 g/mol. The van der Waals surface area contributed by atoms with Gasteiger partial charge in [0.1, 0.15) is 34.2 Å². The molecule has 0 radical (unpaired) electrons. The van der Waals surface area contributed by atoms with Crippen molar-refractivity contribution in [2.45, 2.75) is 20.8 Å². The van der Waals surface area contributed by atoms with Crippen molar-refractivity contribution in [2.75, 3.05) is 19.5 Å². The van der Waals surface area contributed by atoms with E-state index in [0.29, 0.717) is 33.9 Å². The van der Waals surface area contributed by atoms with Crippen LogP contribution in [0, 0.1) is 13.8 Å². The van der Waals surface area contributed by atoms with Gasteiger partial charge in [-0.15, -0.1) is 0 Å². The van der Waals surface area contributed by atoms with Crippen LogP contribution in [-0.4, -0.2) is 34.8 Å². The molecular weight excluding hydrogens is 312 g/mol. The first-order valence-corrected chi connectivity index (χ1v) is 7.44. The van der Waals surface area contributed by atoms with E-state index in [2.05, 4.69) is 15.1 Å². The van der Waals surface area contributed by atoms with E-state index < -0.39 is 5.97 Å². The number of carbonyl (C=O) groups is 1. The molecule has 0 aliphatic rings. The Bertz CT molecular complexity index is 906. The summed E-state index contributed by atoms with van der Waals surface area (Å²) in [6, 6.07) is 1.71. The summed E-state index contributed by atoms with van der Waals surface area (Å²) in [5.74, 6) is 0.813. The molecule has 3 N–H and O–H groups in total. The predicted octanol–water partition coefficient (Wildman–Crippen LogP) is 2.60. The zero-order valence-corrected chi connectivity index (χ0v) is 13.9. The number of ether oxygens (including phenoxy) is 2. The van der Waals surface area contributed by atoms with E-state index in [1.54, 1.807) is 19.9 Å². The van der Waals surface area contributed by atoms with Crippen molar-refractivity contribution in [1.82, 2.24) is 15.1 Å². The van der Waals surface area contributed by atoms with E-state index in [9.17, 15) is 4.79 Å². The van der Waals surface area contributed by atoms with Crippen LogP contribution in [0.4, 0.5) is 5.82 Å². The number of methoxy groups -OCH3 is 1. The van der Waals surface area contributed by atoms with Crippen LogP contribution >= 0.6 is 0 Å². The van der Waals surface area contributed by atoms with Gasteiger partial charge in [-0.1, -0.05) is 5.16 Å². The number of nitrogens with one attached hydrogen (secondary N) is 1. The van der Waals surface area contributed by atoms with E-state index in [4.69, 9.17) is 19.7 Å². The largest absolute Gasteiger partial charge is 0.494 e. The van der Waals surface area contributed by atoms with Crippen LogP contribution in [0.5, 0.6) is 5.75 Å². The van der Waals surface area contributed by atoms with Gasteiger partial charge in [-0.3, -0.25) is 0 Å². The summed E-state index contributed by atoms with van der Waals surface area (Å²) in [6.45, 7) is 5.61. The SMILES string of the molecule is CCOC(=O)c1c(N)[nH]c2nc(-c3c(C)noc3C)c(OC)cc12. The van der Waals surface area contributed by atoms with Crippen LogP contribution in [0.25, 0.3) is 22.3 Å². The van der Waals surface area contributed by atoms with Crippen LogP contribution in [0.2, 0.25) is 0 Å². The van der Waals surface area contributed by atoms with Gasteiger partial charge < -0.3 is 24.7 Å². The number of aromatic amines is 1. The van der Waals surface area contributed by atoms with Crippen molar-refractivity contribution < 1.29 is 18.8 Å². The molecule has 0 unspecified atom stereocenters. The molecule has 24 heavy (non-hydrogen) atoms. The molecule has 0 aliphatic carbocycles. The van der Waals surface area contributed by atoms with Gasteiger partial charge in [0.05, 0.1) is 25.0 Å². The number of carbonyl (C=O) groups excluding carboxylic acids is 1. The molecular formula is C16H18N4O4. The number of H-pyrrole nitrogens is 1. The van der Waals surface area contributed by atoms with Crippen LogP contribution in [-0.2, 0) is 4.74 Å². The molecule has 0 saturated heterocycles. The summed E-state index contributed by atoms with van der Waals surface area (Å²) >= 11 is 0. The van der Waals surface area contributed by atoms with Crippen LogP contribution in [0.15, 0.2) is 10.6 Å². The zero-order valence-electron chi connectivity index (χ0n) is 13.9. The summed E-state index contributed by atoms with van der Waals surface area (Å²) in [6.07, 6.45) is 0. The number of nitrogen functional groups attached to an aromatic ring is 1. The fourth-order valence-corrected chi connectivity index (χ4v) is 2.69. The molecule has 126 valence electrons. The van der Waals surface area contributed by atoms with Crippen molar-refractivity contribution in [3.8, 4) is 17.0 Å². The zero-order chi connectivity index (χ0) is 17.4. The van der Waals surface area contributed by atoms with E-state index >= 15 is 0 Å². The molecule has 0 spiro atoms. The van der Waals surface area contributed by atoms with Gasteiger partial charge in [-0.05, 0) is 26.8 Å². The maximum absolute atomic E-state index is 12.1. The number of hydrogen-bond acceptors (Lipinski definition) is 7. The maximum Gasteiger partial charge on any atom is 0.342 e. The molecule has 3 rings (SSSR count). The molecule has 3 heterocycles. The van der Waals surface area contributed by atoms with Gasteiger partial charge in [0.2, 0.25) is 0 Å². The Hall–Kier alpha value is -3.03. The Morgan fingerprint density at radius 3 is 2.75 bits per heavy atom. The molecule has 8 nitrogen and oxygen atoms in total. The number of nitrogens with zero attached hydrogens (tertiary/aromatic N) is 2. The van der Waals surface area contributed by atoms with E-state index in [-0.39, 0.29) is 18.0 Å². The lowest BCUT2D eigenvalue weighted by Crippen LogP contribution is -2.06. The van der Waals surface area contributed by atoms with Crippen molar-refractivity contribution >= 4 is 22.8 Å². The summed E-state index contributed by atoms with van der Waals surface area (Å²) < 4.78 is 15.7. The highest BCUT2D eigenvalue weighted by Gasteiger charge is 2.24. The third-order valence-electron chi connectivity index (χ3n) is 3.75. The number of rotatable bonds is 4. The lowest BCUT2D eigenvalue weighted by atomic mass is 10.1. The Labute approximate surface area is 137 Å². The molecule has 0 aliphatic heterocycles. The third-order valence-corrected chi connectivity index (χ3v) is 3.75. The second-order valence-electron chi connectivity index (χ2n) is 5.27. The standard InChI is InChI=1S/C16H18N4O4/c1-5-23-16(21)12-9-6-10(22-4)13(18-15(9)19-14(12)17)11-7(2)20-24-8(11)3/h6H,5,17H2,1-4H3,(H,18,19). The second-order valence-corrected chi connectivity index (χ2v) is 5.27. The van der Waals surface area contributed by atoms with Crippen molar-refractivity contribution in [2.24, 2.45) is 0 Å². The molecule has 0 fully saturated rings. The van der Waals surface area contributed by atoms with Crippen molar-refractivity contribution in [3.05, 3.63) is 23.1 Å². The molecule has 0 atom stereocenters. The molecule has 0 bridgehead atoms. The van der Waals surface area contributed by atoms with Crippen LogP contribution < -0.4 is 10.5 Å². The molecule has 0 saturated carbocycles. The minimum absolute atomic E-state index is 0.203. The van der Waals surface area contributed by atoms with E-state index in [0.717, 1.165) is 5.56 Å². The first kappa shape index (κ1) is 15.9. The van der Waals surface area contributed by atoms with Gasteiger partial charge >= 0.3 is 5.97 Å². The molecule has 0 amide bonds. The summed E-state index contributed by atoms with van der Waals surface area (Å²) in [5, 5.41) is 4.48. The fraction of sp³-hybridized carbons (Fsp3) is 0.312. The number of aryl methyl sites for hydroxylation is 2. The van der Waals surface area contributed by atoms with Gasteiger partial charge in [-0.2, -0.15) is 0 Å². The lowest BCUT2D eigenvalue weighted by Gasteiger charge is -2.08. The van der Waals surface area contributed by atoms with Gasteiger partial charge in [0, 0.05) is 5.39 Å². The Morgan fingerprint density at radius 1 is 1.42 bits per heavy atom. The molecule has 8 heteroatoms. The number of aromatic nitrogens is 3. The van der Waals surface area contributed by atoms with Crippen LogP contribution in [0.3, 0.4) is 0 Å². The number of anilines is 1. The summed E-state index contributed by atoms with van der Waals surface area (Å²) in [5.41, 5.74) is 8.67. The minimum atomic E-state index is -0.504. The maximum atomic E-state index is 12.1. The Kier molecular flexibility index (Phi) is 3.88. The molecule has 0 aromatic carbocycles. The average Bonchev–Trinajstić information content (AvgIpc) is 3.04. The second kappa shape index (κ2) is 5.88. The molecule has 3 aromatic rings. The first-order valence-electron chi connectivity index (χ1n) is 7.44. The number of fused-ring (bicyclic) bond motifs is 1. The normalized spacial score (nSPS) is 11.0. The van der Waals surface area contributed by atoms with Crippen LogP contribution in [0.1, 0.15) is 28.7 Å². The summed E-state index contributed by atoms with van der Waals surface area (Å²) in [4.78, 5) is 19.6. The lowest BCUT2D eigenvalue weighted by molar-refractivity contribution is 0.0530. The highest BCUT2D eigenvalue weighted by Crippen LogP contribution is 2.37. The Morgan fingerprint density at radius 2 is 2.17 bits per heavy atom. The highest BCUT2D eigenvalue weighted by molar-refractivity contribution is 6.08. The van der Waals surface area contributed by atoms with E-state index in [1.165, 1.54) is 7.11 Å². The fourth-order valence-electron chi connectivity index (χ4n) is 2.69. The predicted molar refractivity (Wildman–Crippen MR) is 88.0 cm³/mol. The van der Waals surface area contributed by atoms with E-state index in [1.807, 2.05) is 6.92 Å².